The highest BCUT2D eigenvalue weighted by atomic mass is 32.2. The maximum absolute atomic E-state index is 12.2. The van der Waals surface area contributed by atoms with E-state index >= 15 is 0 Å². The molecule has 0 unspecified atom stereocenters. The first-order valence-electron chi connectivity index (χ1n) is 7.21. The van der Waals surface area contributed by atoms with Crippen molar-refractivity contribution in [3.63, 3.8) is 0 Å². The molecule has 0 aliphatic carbocycles. The number of ether oxygens (including phenoxy) is 2. The molecule has 24 heavy (non-hydrogen) atoms. The van der Waals surface area contributed by atoms with Gasteiger partial charge in [0.1, 0.15) is 0 Å². The average molecular weight is 362 g/mol. The average Bonchev–Trinajstić information content (AvgIpc) is 3.03. The van der Waals surface area contributed by atoms with Crippen LogP contribution in [0, 0.1) is 0 Å². The highest BCUT2D eigenvalue weighted by Gasteiger charge is 2.29. The van der Waals surface area contributed by atoms with E-state index in [2.05, 4.69) is 10.3 Å². The summed E-state index contributed by atoms with van der Waals surface area (Å²) in [5, 5.41) is 3.35. The number of aryl methyl sites for hydroxylation is 1. The molecule has 1 N–H and O–H groups in total. The number of rotatable bonds is 6. The fraction of sp³-hybridized carbons (Fsp3) is 0.467. The van der Waals surface area contributed by atoms with E-state index in [0.717, 1.165) is 11.3 Å². The van der Waals surface area contributed by atoms with Gasteiger partial charge in [-0.25, -0.2) is 0 Å². The zero-order chi connectivity index (χ0) is 17.6. The first-order valence-corrected chi connectivity index (χ1v) is 8.19. The quantitative estimate of drug-likeness (QED) is 0.845. The normalized spacial score (nSPS) is 14.2. The Kier molecular flexibility index (Phi) is 6.36. The van der Waals surface area contributed by atoms with E-state index in [1.807, 2.05) is 0 Å². The first kappa shape index (κ1) is 18.4. The van der Waals surface area contributed by atoms with E-state index in [0.29, 0.717) is 18.1 Å². The van der Waals surface area contributed by atoms with Crippen LogP contribution in [0.5, 0.6) is 11.5 Å². The second-order valence-corrected chi connectivity index (χ2v) is 6.06. The van der Waals surface area contributed by atoms with Crippen molar-refractivity contribution in [3.8, 4) is 11.5 Å². The third kappa shape index (κ3) is 5.95. The molecule has 0 radical (unpaired) electrons. The van der Waals surface area contributed by atoms with Crippen LogP contribution >= 0.6 is 11.8 Å². The van der Waals surface area contributed by atoms with E-state index in [-0.39, 0.29) is 23.8 Å². The molecular formula is C15H17F3N2O3S. The van der Waals surface area contributed by atoms with Gasteiger partial charge >= 0.3 is 6.18 Å². The van der Waals surface area contributed by atoms with Gasteiger partial charge in [-0.1, -0.05) is 17.8 Å². The van der Waals surface area contributed by atoms with Gasteiger partial charge in [0.2, 0.25) is 5.91 Å². The fourth-order valence-corrected chi connectivity index (χ4v) is 2.74. The molecule has 132 valence electrons. The molecular weight excluding hydrogens is 345 g/mol. The molecule has 0 fully saturated rings. The fourth-order valence-electron chi connectivity index (χ4n) is 2.00. The Labute approximate surface area is 141 Å². The number of nitrogens with one attached hydrogen (secondary N) is 1. The number of hydrogen-bond donors (Lipinski definition) is 1. The van der Waals surface area contributed by atoms with Gasteiger partial charge < -0.3 is 14.8 Å². The molecule has 0 atom stereocenters. The number of methoxy groups -OCH3 is 1. The number of halogens is 3. The van der Waals surface area contributed by atoms with Crippen LogP contribution < -0.4 is 14.8 Å². The lowest BCUT2D eigenvalue weighted by Gasteiger charge is -2.13. The van der Waals surface area contributed by atoms with Crippen molar-refractivity contribution in [2.75, 3.05) is 26.0 Å². The van der Waals surface area contributed by atoms with E-state index < -0.39 is 12.8 Å². The molecule has 1 amide bonds. The Hall–Kier alpha value is -1.90. The van der Waals surface area contributed by atoms with Crippen LogP contribution in [0.3, 0.4) is 0 Å². The smallest absolute Gasteiger partial charge is 0.422 e. The van der Waals surface area contributed by atoms with Crippen LogP contribution in [-0.2, 0) is 11.2 Å². The highest BCUT2D eigenvalue weighted by Crippen LogP contribution is 2.30. The van der Waals surface area contributed by atoms with E-state index in [9.17, 15) is 18.0 Å². The summed E-state index contributed by atoms with van der Waals surface area (Å²) >= 11 is 1.50. The Morgan fingerprint density at radius 1 is 1.38 bits per heavy atom. The van der Waals surface area contributed by atoms with Gasteiger partial charge in [0.25, 0.3) is 0 Å². The minimum absolute atomic E-state index is 0.0136. The van der Waals surface area contributed by atoms with Gasteiger partial charge in [0.15, 0.2) is 23.3 Å². The summed E-state index contributed by atoms with van der Waals surface area (Å²) in [4.78, 5) is 15.9. The monoisotopic (exact) mass is 362 g/mol. The van der Waals surface area contributed by atoms with Crippen LogP contribution in [-0.4, -0.2) is 43.3 Å². The molecule has 0 spiro atoms. The Balaban J connectivity index is 1.90. The molecule has 1 heterocycles. The Morgan fingerprint density at radius 2 is 2.17 bits per heavy atom. The summed E-state index contributed by atoms with van der Waals surface area (Å²) in [7, 11) is 1.35. The molecule has 1 aromatic carbocycles. The molecule has 0 saturated heterocycles. The molecule has 1 aliphatic heterocycles. The van der Waals surface area contributed by atoms with Gasteiger partial charge in [0.05, 0.1) is 13.7 Å². The lowest BCUT2D eigenvalue weighted by atomic mass is 10.1. The Bertz CT molecular complexity index is 620. The van der Waals surface area contributed by atoms with Crippen LogP contribution in [0.2, 0.25) is 0 Å². The third-order valence-electron chi connectivity index (χ3n) is 3.09. The molecule has 9 heteroatoms. The SMILES string of the molecule is COc1cc(CCC(=O)NC2=NCCS2)ccc1OCC(F)(F)F. The summed E-state index contributed by atoms with van der Waals surface area (Å²) < 4.78 is 46.4. The molecule has 2 rings (SSSR count). The summed E-state index contributed by atoms with van der Waals surface area (Å²) in [5.74, 6) is 0.929. The maximum atomic E-state index is 12.2. The van der Waals surface area contributed by atoms with Gasteiger partial charge in [0, 0.05) is 12.2 Å². The summed E-state index contributed by atoms with van der Waals surface area (Å²) in [6.07, 6.45) is -3.74. The molecule has 0 bridgehead atoms. The maximum Gasteiger partial charge on any atom is 0.422 e. The highest BCUT2D eigenvalue weighted by molar-refractivity contribution is 8.14. The number of carbonyl (C=O) groups excluding carboxylic acids is 1. The molecule has 0 aromatic heterocycles. The van der Waals surface area contributed by atoms with Crippen LogP contribution in [0.4, 0.5) is 13.2 Å². The minimum Gasteiger partial charge on any atom is -0.493 e. The molecule has 1 aliphatic rings. The van der Waals surface area contributed by atoms with Gasteiger partial charge in [-0.3, -0.25) is 9.79 Å². The van der Waals surface area contributed by atoms with Crippen molar-refractivity contribution in [1.29, 1.82) is 0 Å². The number of aliphatic imine (C=N–C) groups is 1. The molecule has 0 saturated carbocycles. The number of alkyl halides is 3. The first-order chi connectivity index (χ1) is 11.4. The van der Waals surface area contributed by atoms with Crippen LogP contribution in [0.25, 0.3) is 0 Å². The number of benzene rings is 1. The van der Waals surface area contributed by atoms with Crippen molar-refractivity contribution >= 4 is 22.8 Å². The molecule has 5 nitrogen and oxygen atoms in total. The lowest BCUT2D eigenvalue weighted by Crippen LogP contribution is -2.27. The third-order valence-corrected chi connectivity index (χ3v) is 3.98. The summed E-state index contributed by atoms with van der Waals surface area (Å²) in [6.45, 7) is -0.679. The number of amidine groups is 1. The predicted molar refractivity (Wildman–Crippen MR) is 85.8 cm³/mol. The van der Waals surface area contributed by atoms with Crippen molar-refractivity contribution in [2.24, 2.45) is 4.99 Å². The van der Waals surface area contributed by atoms with Crippen molar-refractivity contribution in [2.45, 2.75) is 19.0 Å². The van der Waals surface area contributed by atoms with Gasteiger partial charge in [-0.15, -0.1) is 0 Å². The van der Waals surface area contributed by atoms with Crippen LogP contribution in [0.15, 0.2) is 23.2 Å². The van der Waals surface area contributed by atoms with Gasteiger partial charge in [-0.05, 0) is 24.1 Å². The number of nitrogens with zero attached hydrogens (tertiary/aromatic N) is 1. The summed E-state index contributed by atoms with van der Waals surface area (Å²) in [5.41, 5.74) is 0.766. The number of thioether (sulfide) groups is 1. The zero-order valence-corrected chi connectivity index (χ0v) is 13.8. The second kappa shape index (κ2) is 8.27. The number of hydrogen-bond acceptors (Lipinski definition) is 5. The lowest BCUT2D eigenvalue weighted by molar-refractivity contribution is -0.153. The largest absolute Gasteiger partial charge is 0.493 e. The van der Waals surface area contributed by atoms with Gasteiger partial charge in [-0.2, -0.15) is 13.2 Å². The summed E-state index contributed by atoms with van der Waals surface area (Å²) in [6, 6.07) is 4.60. The number of carbonyl (C=O) groups is 1. The van der Waals surface area contributed by atoms with E-state index in [1.165, 1.54) is 24.9 Å². The van der Waals surface area contributed by atoms with Crippen LogP contribution in [0.1, 0.15) is 12.0 Å². The van der Waals surface area contributed by atoms with E-state index in [1.54, 1.807) is 12.1 Å². The topological polar surface area (TPSA) is 59.9 Å². The van der Waals surface area contributed by atoms with Crippen molar-refractivity contribution in [3.05, 3.63) is 23.8 Å². The van der Waals surface area contributed by atoms with Crippen molar-refractivity contribution < 1.29 is 27.4 Å². The van der Waals surface area contributed by atoms with E-state index in [4.69, 9.17) is 9.47 Å². The predicted octanol–water partition coefficient (Wildman–Crippen LogP) is 2.79. The standard InChI is InChI=1S/C15H17F3N2O3S/c1-22-12-8-10(2-4-11(12)23-9-15(16,17)18)3-5-13(21)20-14-19-6-7-24-14/h2,4,8H,3,5-7,9H2,1H3,(H,19,20,21). The minimum atomic E-state index is -4.41. The zero-order valence-electron chi connectivity index (χ0n) is 13.0. The number of amides is 1. The Morgan fingerprint density at radius 3 is 2.79 bits per heavy atom. The second-order valence-electron chi connectivity index (χ2n) is 4.97. The van der Waals surface area contributed by atoms with Crippen molar-refractivity contribution in [1.82, 2.24) is 5.32 Å². The molecule has 1 aromatic rings.